The molecule has 0 heterocycles. The maximum atomic E-state index is 12.5. The molecule has 0 amide bonds. The van der Waals surface area contributed by atoms with Crippen LogP contribution in [0.2, 0.25) is 0 Å². The Bertz CT molecular complexity index is 399. The number of benzene rings is 1. The molecule has 4 N–H and O–H groups in total. The molecule has 1 rings (SSSR count). The Morgan fingerprint density at radius 3 is 1.63 bits per heavy atom. The van der Waals surface area contributed by atoms with Crippen LogP contribution in [-0.2, 0) is 0 Å². The van der Waals surface area contributed by atoms with E-state index in [0.29, 0.717) is 6.07 Å². The number of hydrogen-bond acceptors (Lipinski definition) is 4. The fourth-order valence-corrected chi connectivity index (χ4v) is 0.711. The first kappa shape index (κ1) is 18.0. The lowest BCUT2D eigenvalue weighted by Gasteiger charge is -2.31. The van der Waals surface area contributed by atoms with Crippen LogP contribution in [0.5, 0.6) is 0 Å². The van der Waals surface area contributed by atoms with Gasteiger partial charge in [0.05, 0.1) is 11.2 Å². The molecule has 1 aromatic carbocycles. The van der Waals surface area contributed by atoms with E-state index in [9.17, 15) is 8.78 Å². The van der Waals surface area contributed by atoms with Crippen molar-refractivity contribution in [3.05, 3.63) is 29.8 Å². The zero-order chi connectivity index (χ0) is 15.4. The molecule has 19 heavy (non-hydrogen) atoms. The summed E-state index contributed by atoms with van der Waals surface area (Å²) in [5.74, 6) is -1.70. The van der Waals surface area contributed by atoms with E-state index in [1.807, 2.05) is 0 Å². The molecule has 0 aliphatic rings. The van der Waals surface area contributed by atoms with Crippen LogP contribution in [0.25, 0.3) is 0 Å². The van der Waals surface area contributed by atoms with E-state index < -0.39 is 30.0 Å². The van der Waals surface area contributed by atoms with E-state index >= 15 is 0 Å². The van der Waals surface area contributed by atoms with Gasteiger partial charge in [-0.1, -0.05) is 6.07 Å². The Balaban J connectivity index is 0.000000362. The monoisotopic (exact) mass is 276 g/mol. The Morgan fingerprint density at radius 2 is 1.37 bits per heavy atom. The predicted octanol–water partition coefficient (Wildman–Crippen LogP) is 0.173. The molecule has 0 bridgehead atoms. The third-order valence-electron chi connectivity index (χ3n) is 2.74. The van der Waals surface area contributed by atoms with Crippen LogP contribution in [0.1, 0.15) is 27.7 Å². The highest BCUT2D eigenvalue weighted by Crippen LogP contribution is 2.19. The summed E-state index contributed by atoms with van der Waals surface area (Å²) in [4.78, 5) is 0. The molecule has 0 atom stereocenters. The Hall–Kier alpha value is -1.02. The molecule has 0 spiro atoms. The van der Waals surface area contributed by atoms with E-state index in [1.54, 1.807) is 27.7 Å². The predicted molar refractivity (Wildman–Crippen MR) is 68.8 cm³/mol. The van der Waals surface area contributed by atoms with Crippen LogP contribution in [0.4, 0.5) is 8.78 Å². The zero-order valence-corrected chi connectivity index (χ0v) is 11.4. The van der Waals surface area contributed by atoms with Gasteiger partial charge in [-0.15, -0.1) is 0 Å². The maximum Gasteiger partial charge on any atom is 0.491 e. The normalized spacial score (nSPS) is 11.7. The molecule has 0 fully saturated rings. The average molecular weight is 276 g/mol. The highest BCUT2D eigenvalue weighted by atomic mass is 19.1. The van der Waals surface area contributed by atoms with E-state index in [0.717, 1.165) is 12.1 Å². The summed E-state index contributed by atoms with van der Waals surface area (Å²) in [5, 5.41) is 35.2. The van der Waals surface area contributed by atoms with Crippen molar-refractivity contribution in [3.63, 3.8) is 0 Å². The molecule has 0 unspecified atom stereocenters. The molecule has 0 aromatic heterocycles. The fraction of sp³-hybridized carbons (Fsp3) is 0.500. The van der Waals surface area contributed by atoms with Crippen LogP contribution >= 0.6 is 0 Å². The summed E-state index contributed by atoms with van der Waals surface area (Å²) >= 11 is 0. The van der Waals surface area contributed by atoms with Crippen LogP contribution in [0.15, 0.2) is 18.2 Å². The number of rotatable bonds is 2. The van der Waals surface area contributed by atoms with Crippen LogP contribution in [-0.4, -0.2) is 38.6 Å². The lowest BCUT2D eigenvalue weighted by atomic mass is 9.80. The maximum absolute atomic E-state index is 12.5. The van der Waals surface area contributed by atoms with Crippen molar-refractivity contribution in [3.8, 4) is 0 Å². The van der Waals surface area contributed by atoms with Crippen LogP contribution < -0.4 is 5.46 Å². The van der Waals surface area contributed by atoms with Gasteiger partial charge in [0.15, 0.2) is 0 Å². The summed E-state index contributed by atoms with van der Waals surface area (Å²) in [6, 6.07) is 2.53. The largest absolute Gasteiger partial charge is 0.491 e. The highest BCUT2D eigenvalue weighted by Gasteiger charge is 2.31. The summed E-state index contributed by atoms with van der Waals surface area (Å²) < 4.78 is 24.7. The molecule has 0 aliphatic carbocycles. The van der Waals surface area contributed by atoms with E-state index in [2.05, 4.69) is 0 Å². The molecule has 0 saturated carbocycles. The SMILES string of the molecule is CC(C)(O)C(C)(C)O.OB(O)c1ccc(F)cc1F. The first-order chi connectivity index (χ1) is 8.36. The first-order valence-corrected chi connectivity index (χ1v) is 5.62. The molecule has 4 nitrogen and oxygen atoms in total. The third-order valence-corrected chi connectivity index (χ3v) is 2.74. The number of hydrogen-bond donors (Lipinski definition) is 4. The molecular weight excluding hydrogens is 257 g/mol. The minimum atomic E-state index is -1.89. The molecule has 0 saturated heterocycles. The van der Waals surface area contributed by atoms with Gasteiger partial charge in [-0.3, -0.25) is 0 Å². The summed E-state index contributed by atoms with van der Waals surface area (Å²) in [7, 11) is -1.89. The Morgan fingerprint density at radius 1 is 0.947 bits per heavy atom. The van der Waals surface area contributed by atoms with Gasteiger partial charge in [0.25, 0.3) is 0 Å². The van der Waals surface area contributed by atoms with Gasteiger partial charge in [0.2, 0.25) is 0 Å². The van der Waals surface area contributed by atoms with Gasteiger partial charge in [-0.25, -0.2) is 8.78 Å². The number of halogens is 2. The second-order valence-corrected chi connectivity index (χ2v) is 5.16. The van der Waals surface area contributed by atoms with E-state index in [1.165, 1.54) is 0 Å². The Labute approximate surface area is 111 Å². The second-order valence-electron chi connectivity index (χ2n) is 5.16. The highest BCUT2D eigenvalue weighted by molar-refractivity contribution is 6.58. The van der Waals surface area contributed by atoms with Gasteiger partial charge >= 0.3 is 7.12 Å². The second kappa shape index (κ2) is 6.43. The van der Waals surface area contributed by atoms with Gasteiger partial charge in [0, 0.05) is 11.5 Å². The van der Waals surface area contributed by atoms with Gasteiger partial charge in [0.1, 0.15) is 11.6 Å². The minimum Gasteiger partial charge on any atom is -0.423 e. The quantitative estimate of drug-likeness (QED) is 0.581. The van der Waals surface area contributed by atoms with Gasteiger partial charge in [-0.05, 0) is 33.8 Å². The molecular formula is C12H19BF2O4. The summed E-state index contributed by atoms with van der Waals surface area (Å²) in [5.41, 5.74) is -2.34. The standard InChI is InChI=1S/C6H5BF2O2.C6H14O2/c8-4-1-2-5(7(10)11)6(9)3-4;1-5(2,7)6(3,4)8/h1-3,10-11H;7-8H,1-4H3. The topological polar surface area (TPSA) is 80.9 Å². The van der Waals surface area contributed by atoms with Crippen molar-refractivity contribution in [2.24, 2.45) is 0 Å². The summed E-state index contributed by atoms with van der Waals surface area (Å²) in [6.07, 6.45) is 0. The zero-order valence-electron chi connectivity index (χ0n) is 11.4. The van der Waals surface area contributed by atoms with Crippen molar-refractivity contribution in [1.29, 1.82) is 0 Å². The minimum absolute atomic E-state index is 0.327. The lowest BCUT2D eigenvalue weighted by Crippen LogP contribution is -2.44. The number of aliphatic hydroxyl groups is 2. The van der Waals surface area contributed by atoms with Crippen LogP contribution in [0, 0.1) is 11.6 Å². The van der Waals surface area contributed by atoms with Gasteiger partial charge in [-0.2, -0.15) is 0 Å². The molecule has 1 aromatic rings. The van der Waals surface area contributed by atoms with E-state index in [-0.39, 0.29) is 5.46 Å². The average Bonchev–Trinajstić information content (AvgIpc) is 2.13. The third kappa shape index (κ3) is 6.11. The van der Waals surface area contributed by atoms with Crippen molar-refractivity contribution in [2.75, 3.05) is 0 Å². The van der Waals surface area contributed by atoms with Gasteiger partial charge < -0.3 is 20.3 Å². The molecule has 7 heteroatoms. The first-order valence-electron chi connectivity index (χ1n) is 5.62. The van der Waals surface area contributed by atoms with Crippen molar-refractivity contribution >= 4 is 12.6 Å². The molecule has 0 radical (unpaired) electrons. The van der Waals surface area contributed by atoms with Crippen molar-refractivity contribution < 1.29 is 29.0 Å². The van der Waals surface area contributed by atoms with Crippen molar-refractivity contribution in [2.45, 2.75) is 38.9 Å². The lowest BCUT2D eigenvalue weighted by molar-refractivity contribution is -0.107. The summed E-state index contributed by atoms with van der Waals surface area (Å²) in [6.45, 7) is 6.31. The smallest absolute Gasteiger partial charge is 0.423 e. The van der Waals surface area contributed by atoms with E-state index in [4.69, 9.17) is 20.3 Å². The Kier molecular flexibility index (Phi) is 6.08. The molecule has 108 valence electrons. The molecule has 0 aliphatic heterocycles. The van der Waals surface area contributed by atoms with Crippen LogP contribution in [0.3, 0.4) is 0 Å². The fourth-order valence-electron chi connectivity index (χ4n) is 0.711. The van der Waals surface area contributed by atoms with Crippen molar-refractivity contribution in [1.82, 2.24) is 0 Å².